The molecule has 0 aliphatic heterocycles. The highest BCUT2D eigenvalue weighted by molar-refractivity contribution is 5.37. The zero-order chi connectivity index (χ0) is 13.5. The van der Waals surface area contributed by atoms with Crippen LogP contribution in [-0.4, -0.2) is 6.61 Å². The van der Waals surface area contributed by atoms with Crippen LogP contribution in [0.15, 0.2) is 18.2 Å². The lowest BCUT2D eigenvalue weighted by molar-refractivity contribution is 0.332. The number of halogens is 1. The standard InChI is InChI=1S/C16H21FO/c1-5-7-8-12(3)13(4)15-11-14(17)9-10-16(15)18-6-2/h9-13H,5-6H2,1-4H3. The van der Waals surface area contributed by atoms with E-state index in [4.69, 9.17) is 4.74 Å². The van der Waals surface area contributed by atoms with E-state index in [1.54, 1.807) is 12.1 Å². The maximum atomic E-state index is 13.4. The quantitative estimate of drug-likeness (QED) is 0.719. The summed E-state index contributed by atoms with van der Waals surface area (Å²) in [5, 5.41) is 0. The molecule has 98 valence electrons. The van der Waals surface area contributed by atoms with Crippen LogP contribution in [0.4, 0.5) is 4.39 Å². The highest BCUT2D eigenvalue weighted by Crippen LogP contribution is 2.32. The normalized spacial score (nSPS) is 13.4. The minimum absolute atomic E-state index is 0.154. The number of hydrogen-bond acceptors (Lipinski definition) is 1. The summed E-state index contributed by atoms with van der Waals surface area (Å²) in [4.78, 5) is 0. The third-order valence-electron chi connectivity index (χ3n) is 3.02. The molecule has 2 unspecified atom stereocenters. The molecule has 18 heavy (non-hydrogen) atoms. The van der Waals surface area contributed by atoms with Crippen LogP contribution in [0.25, 0.3) is 0 Å². The van der Waals surface area contributed by atoms with Crippen LogP contribution >= 0.6 is 0 Å². The van der Waals surface area contributed by atoms with Crippen molar-refractivity contribution in [3.63, 3.8) is 0 Å². The molecule has 1 nitrogen and oxygen atoms in total. The predicted octanol–water partition coefficient (Wildman–Crippen LogP) is 4.38. The van der Waals surface area contributed by atoms with Crippen LogP contribution in [0, 0.1) is 23.6 Å². The molecule has 0 aliphatic rings. The molecular formula is C16H21FO. The summed E-state index contributed by atoms with van der Waals surface area (Å²) in [6.07, 6.45) is 0.846. The Balaban J connectivity index is 3.02. The molecule has 0 heterocycles. The largest absolute Gasteiger partial charge is 0.494 e. The maximum absolute atomic E-state index is 13.4. The van der Waals surface area contributed by atoms with E-state index in [1.807, 2.05) is 13.8 Å². The van der Waals surface area contributed by atoms with E-state index in [0.29, 0.717) is 6.61 Å². The van der Waals surface area contributed by atoms with Crippen LogP contribution in [0.5, 0.6) is 5.75 Å². The van der Waals surface area contributed by atoms with Gasteiger partial charge in [0.1, 0.15) is 11.6 Å². The van der Waals surface area contributed by atoms with Crippen LogP contribution in [0.2, 0.25) is 0 Å². The number of rotatable bonds is 4. The van der Waals surface area contributed by atoms with Crippen molar-refractivity contribution in [2.75, 3.05) is 6.61 Å². The lowest BCUT2D eigenvalue weighted by Gasteiger charge is -2.19. The molecule has 0 saturated heterocycles. The Morgan fingerprint density at radius 2 is 2.00 bits per heavy atom. The first kappa shape index (κ1) is 14.6. The molecule has 2 heteroatoms. The second kappa shape index (κ2) is 7.06. The second-order valence-corrected chi connectivity index (χ2v) is 4.37. The highest BCUT2D eigenvalue weighted by atomic mass is 19.1. The number of benzene rings is 1. The van der Waals surface area contributed by atoms with Gasteiger partial charge in [0.05, 0.1) is 6.61 Å². The van der Waals surface area contributed by atoms with Crippen molar-refractivity contribution < 1.29 is 9.13 Å². The summed E-state index contributed by atoms with van der Waals surface area (Å²) in [7, 11) is 0. The zero-order valence-electron chi connectivity index (χ0n) is 11.6. The summed E-state index contributed by atoms with van der Waals surface area (Å²) < 4.78 is 18.9. The molecule has 0 fully saturated rings. The Bertz CT molecular complexity index is 442. The van der Waals surface area contributed by atoms with Gasteiger partial charge in [-0.2, -0.15) is 0 Å². The van der Waals surface area contributed by atoms with Gasteiger partial charge in [-0.15, -0.1) is 5.92 Å². The molecule has 2 atom stereocenters. The molecule has 1 aromatic carbocycles. The van der Waals surface area contributed by atoms with Gasteiger partial charge < -0.3 is 4.74 Å². The topological polar surface area (TPSA) is 9.23 Å². The van der Waals surface area contributed by atoms with Gasteiger partial charge in [-0.05, 0) is 31.0 Å². The van der Waals surface area contributed by atoms with Crippen LogP contribution in [-0.2, 0) is 0 Å². The van der Waals surface area contributed by atoms with Crippen molar-refractivity contribution in [1.82, 2.24) is 0 Å². The first-order valence-electron chi connectivity index (χ1n) is 6.50. The monoisotopic (exact) mass is 248 g/mol. The number of ether oxygens (including phenoxy) is 1. The van der Waals surface area contributed by atoms with E-state index in [0.717, 1.165) is 17.7 Å². The fourth-order valence-electron chi connectivity index (χ4n) is 1.82. The SMILES string of the molecule is CCC#CC(C)C(C)c1cc(F)ccc1OCC. The van der Waals surface area contributed by atoms with Gasteiger partial charge in [0, 0.05) is 17.9 Å². The Hall–Kier alpha value is -1.49. The summed E-state index contributed by atoms with van der Waals surface area (Å²) >= 11 is 0. The molecule has 0 aliphatic carbocycles. The molecule has 0 amide bonds. The molecule has 0 bridgehead atoms. The van der Waals surface area contributed by atoms with Crippen molar-refractivity contribution in [2.45, 2.75) is 40.0 Å². The molecule has 0 radical (unpaired) electrons. The van der Waals surface area contributed by atoms with Gasteiger partial charge in [-0.1, -0.05) is 26.7 Å². The maximum Gasteiger partial charge on any atom is 0.123 e. The first-order valence-corrected chi connectivity index (χ1v) is 6.50. The Kier molecular flexibility index (Phi) is 5.71. The molecule has 0 N–H and O–H groups in total. The van der Waals surface area contributed by atoms with Crippen molar-refractivity contribution >= 4 is 0 Å². The second-order valence-electron chi connectivity index (χ2n) is 4.37. The van der Waals surface area contributed by atoms with Crippen LogP contribution < -0.4 is 4.74 Å². The van der Waals surface area contributed by atoms with Crippen molar-refractivity contribution in [1.29, 1.82) is 0 Å². The summed E-state index contributed by atoms with van der Waals surface area (Å²) in [5.41, 5.74) is 0.898. The minimum Gasteiger partial charge on any atom is -0.494 e. The fraction of sp³-hybridized carbons (Fsp3) is 0.500. The predicted molar refractivity (Wildman–Crippen MR) is 73.2 cm³/mol. The molecule has 0 saturated carbocycles. The summed E-state index contributed by atoms with van der Waals surface area (Å²) in [6, 6.07) is 4.69. The van der Waals surface area contributed by atoms with Crippen LogP contribution in [0.3, 0.4) is 0 Å². The van der Waals surface area contributed by atoms with Gasteiger partial charge in [-0.3, -0.25) is 0 Å². The first-order chi connectivity index (χ1) is 8.60. The van der Waals surface area contributed by atoms with E-state index in [-0.39, 0.29) is 17.7 Å². The Morgan fingerprint density at radius 1 is 1.28 bits per heavy atom. The van der Waals surface area contributed by atoms with Gasteiger partial charge in [0.15, 0.2) is 0 Å². The van der Waals surface area contributed by atoms with Gasteiger partial charge in [-0.25, -0.2) is 4.39 Å². The average molecular weight is 248 g/mol. The Morgan fingerprint density at radius 3 is 2.61 bits per heavy atom. The minimum atomic E-state index is -0.226. The summed E-state index contributed by atoms with van der Waals surface area (Å²) in [5.74, 6) is 7.15. The zero-order valence-corrected chi connectivity index (χ0v) is 11.6. The van der Waals surface area contributed by atoms with E-state index in [2.05, 4.69) is 25.7 Å². The summed E-state index contributed by atoms with van der Waals surface area (Å²) in [6.45, 7) is 8.66. The molecule has 1 aromatic rings. The van der Waals surface area contributed by atoms with Gasteiger partial charge in [0.25, 0.3) is 0 Å². The van der Waals surface area contributed by atoms with Crippen molar-refractivity contribution in [3.8, 4) is 17.6 Å². The third kappa shape index (κ3) is 3.77. The average Bonchev–Trinajstić information content (AvgIpc) is 2.37. The Labute approximate surface area is 109 Å². The smallest absolute Gasteiger partial charge is 0.123 e. The molecular weight excluding hydrogens is 227 g/mol. The van der Waals surface area contributed by atoms with E-state index < -0.39 is 0 Å². The fourth-order valence-corrected chi connectivity index (χ4v) is 1.82. The molecule has 0 spiro atoms. The highest BCUT2D eigenvalue weighted by Gasteiger charge is 2.17. The number of hydrogen-bond donors (Lipinski definition) is 0. The molecule has 1 rings (SSSR count). The lowest BCUT2D eigenvalue weighted by Crippen LogP contribution is -2.07. The van der Waals surface area contributed by atoms with E-state index in [1.165, 1.54) is 6.07 Å². The third-order valence-corrected chi connectivity index (χ3v) is 3.02. The lowest BCUT2D eigenvalue weighted by atomic mass is 9.88. The van der Waals surface area contributed by atoms with Gasteiger partial charge >= 0.3 is 0 Å². The van der Waals surface area contributed by atoms with Gasteiger partial charge in [0.2, 0.25) is 0 Å². The molecule has 0 aromatic heterocycles. The van der Waals surface area contributed by atoms with Crippen molar-refractivity contribution in [3.05, 3.63) is 29.6 Å². The van der Waals surface area contributed by atoms with E-state index in [9.17, 15) is 4.39 Å². The van der Waals surface area contributed by atoms with E-state index >= 15 is 0 Å². The van der Waals surface area contributed by atoms with Crippen molar-refractivity contribution in [2.24, 2.45) is 5.92 Å². The van der Waals surface area contributed by atoms with Crippen LogP contribution in [0.1, 0.15) is 45.6 Å².